The number of piperazine rings is 1. The van der Waals surface area contributed by atoms with Gasteiger partial charge in [-0.2, -0.15) is 0 Å². The quantitative estimate of drug-likeness (QED) is 0.834. The average Bonchev–Trinajstić information content (AvgIpc) is 2.63. The van der Waals surface area contributed by atoms with Crippen molar-refractivity contribution in [2.75, 3.05) is 39.4 Å². The summed E-state index contributed by atoms with van der Waals surface area (Å²) in [6.45, 7) is 6.89. The Bertz CT molecular complexity index is 532. The van der Waals surface area contributed by atoms with E-state index in [1.807, 2.05) is 0 Å². The molecule has 140 valence electrons. The Morgan fingerprint density at radius 3 is 2.68 bits per heavy atom. The monoisotopic (exact) mass is 367 g/mol. The summed E-state index contributed by atoms with van der Waals surface area (Å²) in [6.07, 6.45) is 2.91. The molecule has 6 heteroatoms. The van der Waals surface area contributed by atoms with Crippen LogP contribution in [0.15, 0.2) is 24.3 Å². The van der Waals surface area contributed by atoms with E-state index < -0.39 is 0 Å². The molecule has 2 aliphatic rings. The van der Waals surface area contributed by atoms with Crippen LogP contribution in [-0.4, -0.2) is 56.2 Å². The van der Waals surface area contributed by atoms with Gasteiger partial charge in [-0.15, -0.1) is 12.4 Å². The summed E-state index contributed by atoms with van der Waals surface area (Å²) in [5.41, 5.74) is 2.64. The lowest BCUT2D eigenvalue weighted by Gasteiger charge is -2.36. The number of amides is 1. The molecule has 0 bridgehead atoms. The van der Waals surface area contributed by atoms with Gasteiger partial charge < -0.3 is 15.4 Å². The molecule has 0 saturated carbocycles. The number of carbonyl (C=O) groups excluding carboxylic acids is 1. The highest BCUT2D eigenvalue weighted by atomic mass is 35.5. The topological polar surface area (TPSA) is 53.6 Å². The van der Waals surface area contributed by atoms with E-state index in [1.165, 1.54) is 11.1 Å². The smallest absolute Gasteiger partial charge is 0.234 e. The predicted molar refractivity (Wildman–Crippen MR) is 102 cm³/mol. The minimum atomic E-state index is 0. The zero-order valence-corrected chi connectivity index (χ0v) is 15.8. The Balaban J connectivity index is 0.00000225. The van der Waals surface area contributed by atoms with Gasteiger partial charge in [0, 0.05) is 44.9 Å². The lowest BCUT2D eigenvalue weighted by Crippen LogP contribution is -2.51. The first-order valence-electron chi connectivity index (χ1n) is 9.17. The molecule has 1 unspecified atom stereocenters. The summed E-state index contributed by atoms with van der Waals surface area (Å²) in [4.78, 5) is 14.7. The molecular formula is C19H30ClN3O2. The average molecular weight is 368 g/mol. The van der Waals surface area contributed by atoms with E-state index in [1.54, 1.807) is 0 Å². The number of nitrogens with zero attached hydrogens (tertiary/aromatic N) is 1. The molecular weight excluding hydrogens is 338 g/mol. The standard InChI is InChI=1S/C19H29N3O2.ClH/c1-2-15-3-5-16(6-4-15)18-13-20-9-10-22(18)14-19(23)21-17-7-11-24-12-8-17;/h3-6,17-18,20H,2,7-14H2,1H3,(H,21,23);1H. The van der Waals surface area contributed by atoms with Crippen molar-refractivity contribution in [3.63, 3.8) is 0 Å². The van der Waals surface area contributed by atoms with E-state index in [0.717, 1.165) is 52.1 Å². The second-order valence-corrected chi connectivity index (χ2v) is 6.74. The molecule has 2 saturated heterocycles. The fraction of sp³-hybridized carbons (Fsp3) is 0.632. The third-order valence-electron chi connectivity index (χ3n) is 5.06. The van der Waals surface area contributed by atoms with Gasteiger partial charge in [0.2, 0.25) is 5.91 Å². The number of rotatable bonds is 5. The maximum absolute atomic E-state index is 12.4. The molecule has 1 aromatic rings. The molecule has 1 amide bonds. The zero-order valence-electron chi connectivity index (χ0n) is 15.0. The Hall–Kier alpha value is -1.14. The summed E-state index contributed by atoms with van der Waals surface area (Å²) in [5, 5.41) is 6.63. The summed E-state index contributed by atoms with van der Waals surface area (Å²) < 4.78 is 5.35. The van der Waals surface area contributed by atoms with Crippen molar-refractivity contribution in [2.45, 2.75) is 38.3 Å². The Morgan fingerprint density at radius 1 is 1.28 bits per heavy atom. The SMILES string of the molecule is CCc1ccc(C2CNCCN2CC(=O)NC2CCOCC2)cc1.Cl. The van der Waals surface area contributed by atoms with Crippen molar-refractivity contribution >= 4 is 18.3 Å². The maximum Gasteiger partial charge on any atom is 0.234 e. The van der Waals surface area contributed by atoms with Crippen LogP contribution in [0, 0.1) is 0 Å². The second kappa shape index (κ2) is 10.1. The number of ether oxygens (including phenoxy) is 1. The van der Waals surface area contributed by atoms with Crippen molar-refractivity contribution in [1.82, 2.24) is 15.5 Å². The van der Waals surface area contributed by atoms with Crippen LogP contribution in [0.4, 0.5) is 0 Å². The van der Waals surface area contributed by atoms with E-state index in [4.69, 9.17) is 4.74 Å². The number of benzene rings is 1. The molecule has 1 aromatic carbocycles. The highest BCUT2D eigenvalue weighted by molar-refractivity contribution is 5.85. The molecule has 0 aliphatic carbocycles. The highest BCUT2D eigenvalue weighted by Crippen LogP contribution is 2.22. The maximum atomic E-state index is 12.4. The largest absolute Gasteiger partial charge is 0.381 e. The highest BCUT2D eigenvalue weighted by Gasteiger charge is 2.26. The zero-order chi connectivity index (χ0) is 16.8. The molecule has 0 spiro atoms. The van der Waals surface area contributed by atoms with Crippen molar-refractivity contribution in [2.24, 2.45) is 0 Å². The summed E-state index contributed by atoms with van der Waals surface area (Å²) in [5.74, 6) is 0.138. The Labute approximate surface area is 156 Å². The van der Waals surface area contributed by atoms with Crippen LogP contribution < -0.4 is 10.6 Å². The van der Waals surface area contributed by atoms with E-state index in [9.17, 15) is 4.79 Å². The van der Waals surface area contributed by atoms with Gasteiger partial charge in [0.15, 0.2) is 0 Å². The van der Waals surface area contributed by atoms with E-state index in [2.05, 4.69) is 46.7 Å². The first-order chi connectivity index (χ1) is 11.8. The van der Waals surface area contributed by atoms with Gasteiger partial charge in [-0.1, -0.05) is 31.2 Å². The van der Waals surface area contributed by atoms with Gasteiger partial charge in [-0.05, 0) is 30.4 Å². The number of halogens is 1. The first-order valence-corrected chi connectivity index (χ1v) is 9.17. The summed E-state index contributed by atoms with van der Waals surface area (Å²) in [6, 6.07) is 9.36. The van der Waals surface area contributed by atoms with Crippen molar-refractivity contribution in [3.05, 3.63) is 35.4 Å². The molecule has 1 atom stereocenters. The fourth-order valence-corrected chi connectivity index (χ4v) is 3.54. The van der Waals surface area contributed by atoms with Crippen molar-refractivity contribution in [1.29, 1.82) is 0 Å². The van der Waals surface area contributed by atoms with Crippen LogP contribution in [0.2, 0.25) is 0 Å². The van der Waals surface area contributed by atoms with Crippen LogP contribution in [0.25, 0.3) is 0 Å². The van der Waals surface area contributed by atoms with Crippen molar-refractivity contribution in [3.8, 4) is 0 Å². The van der Waals surface area contributed by atoms with Crippen LogP contribution in [0.5, 0.6) is 0 Å². The molecule has 3 rings (SSSR count). The van der Waals surface area contributed by atoms with Gasteiger partial charge in [-0.3, -0.25) is 9.69 Å². The minimum Gasteiger partial charge on any atom is -0.381 e. The number of hydrogen-bond donors (Lipinski definition) is 2. The van der Waals surface area contributed by atoms with E-state index >= 15 is 0 Å². The molecule has 25 heavy (non-hydrogen) atoms. The van der Waals surface area contributed by atoms with Gasteiger partial charge in [-0.25, -0.2) is 0 Å². The number of hydrogen-bond acceptors (Lipinski definition) is 4. The number of nitrogens with one attached hydrogen (secondary N) is 2. The molecule has 2 N–H and O–H groups in total. The third-order valence-corrected chi connectivity index (χ3v) is 5.06. The van der Waals surface area contributed by atoms with Crippen molar-refractivity contribution < 1.29 is 9.53 Å². The fourth-order valence-electron chi connectivity index (χ4n) is 3.54. The van der Waals surface area contributed by atoms with Gasteiger partial charge in [0.25, 0.3) is 0 Å². The lowest BCUT2D eigenvalue weighted by atomic mass is 10.0. The molecule has 2 aliphatic heterocycles. The van der Waals surface area contributed by atoms with Crippen LogP contribution in [-0.2, 0) is 16.0 Å². The lowest BCUT2D eigenvalue weighted by molar-refractivity contribution is -0.124. The van der Waals surface area contributed by atoms with Crippen LogP contribution in [0.3, 0.4) is 0 Å². The normalized spacial score (nSPS) is 22.2. The summed E-state index contributed by atoms with van der Waals surface area (Å²) >= 11 is 0. The predicted octanol–water partition coefficient (Wildman–Crippen LogP) is 1.91. The molecule has 2 fully saturated rings. The van der Waals surface area contributed by atoms with E-state index in [0.29, 0.717) is 6.54 Å². The van der Waals surface area contributed by atoms with Gasteiger partial charge >= 0.3 is 0 Å². The number of carbonyl (C=O) groups is 1. The molecule has 2 heterocycles. The second-order valence-electron chi connectivity index (χ2n) is 6.74. The molecule has 0 aromatic heterocycles. The van der Waals surface area contributed by atoms with Crippen LogP contribution in [0.1, 0.15) is 36.9 Å². The van der Waals surface area contributed by atoms with Crippen LogP contribution >= 0.6 is 12.4 Å². The third kappa shape index (κ3) is 5.68. The molecule has 0 radical (unpaired) electrons. The Morgan fingerprint density at radius 2 is 2.00 bits per heavy atom. The van der Waals surface area contributed by atoms with Gasteiger partial charge in [0.1, 0.15) is 0 Å². The minimum absolute atomic E-state index is 0. The summed E-state index contributed by atoms with van der Waals surface area (Å²) in [7, 11) is 0. The van der Waals surface area contributed by atoms with E-state index in [-0.39, 0.29) is 30.4 Å². The number of aryl methyl sites for hydroxylation is 1. The molecule has 5 nitrogen and oxygen atoms in total. The Kier molecular flexibility index (Phi) is 8.16. The first kappa shape index (κ1) is 20.2. The van der Waals surface area contributed by atoms with Gasteiger partial charge in [0.05, 0.1) is 6.54 Å².